The Morgan fingerprint density at radius 1 is 1.12 bits per heavy atom. The lowest BCUT2D eigenvalue weighted by Crippen LogP contribution is -2.58. The maximum absolute atomic E-state index is 13.0. The number of imidazole rings is 1. The molecule has 218 valence electrons. The average molecular weight is 579 g/mol. The fourth-order valence-corrected chi connectivity index (χ4v) is 5.36. The first-order valence-corrected chi connectivity index (χ1v) is 13.1. The van der Waals surface area contributed by atoms with Gasteiger partial charge in [-0.25, -0.2) is 15.0 Å². The van der Waals surface area contributed by atoms with Crippen LogP contribution in [-0.4, -0.2) is 66.6 Å². The summed E-state index contributed by atoms with van der Waals surface area (Å²) in [5.41, 5.74) is 7.27. The molecule has 1 aliphatic rings. The van der Waals surface area contributed by atoms with Crippen LogP contribution in [0.1, 0.15) is 41.6 Å². The van der Waals surface area contributed by atoms with Gasteiger partial charge in [0.2, 0.25) is 5.91 Å². The van der Waals surface area contributed by atoms with Gasteiger partial charge in [0, 0.05) is 48.3 Å². The van der Waals surface area contributed by atoms with Crippen molar-refractivity contribution in [3.05, 3.63) is 84.6 Å². The van der Waals surface area contributed by atoms with Crippen LogP contribution in [0, 0.1) is 0 Å². The first-order valence-electron chi connectivity index (χ1n) is 13.1. The van der Waals surface area contributed by atoms with Crippen molar-refractivity contribution in [2.24, 2.45) is 0 Å². The molecule has 3 atom stereocenters. The lowest BCUT2D eigenvalue weighted by Gasteiger charge is -2.47. The van der Waals surface area contributed by atoms with Crippen molar-refractivity contribution < 1.29 is 22.8 Å². The van der Waals surface area contributed by atoms with Gasteiger partial charge in [-0.3, -0.25) is 18.9 Å². The molecular formula is C29H29F3N8O2. The summed E-state index contributed by atoms with van der Waals surface area (Å²) >= 11 is 0. The van der Waals surface area contributed by atoms with E-state index in [0.29, 0.717) is 29.1 Å². The summed E-state index contributed by atoms with van der Waals surface area (Å²) in [6, 6.07) is 7.35. The lowest BCUT2D eigenvalue weighted by atomic mass is 9.98. The molecule has 13 heteroatoms. The minimum atomic E-state index is -4.56. The number of nitrogens with two attached hydrogens (primary N) is 1. The number of halogens is 3. The number of benzene rings is 1. The van der Waals surface area contributed by atoms with E-state index in [9.17, 15) is 22.8 Å². The van der Waals surface area contributed by atoms with Crippen LogP contribution in [0.3, 0.4) is 0 Å². The predicted molar refractivity (Wildman–Crippen MR) is 151 cm³/mol. The highest BCUT2D eigenvalue weighted by Gasteiger charge is 2.42. The molecule has 3 aromatic heterocycles. The number of piperazine rings is 1. The summed E-state index contributed by atoms with van der Waals surface area (Å²) in [7, 11) is 2.00. The SMILES string of the molecule is C=CC(=O)N1C(c2nc(-c3ccc(C(=O)Nc4cc(C(F)(F)F)ccn4)cc3)c3c(N)nccn23)[C@H](C)N(C)C[C@@H]1C. The van der Waals surface area contributed by atoms with Crippen LogP contribution < -0.4 is 11.1 Å². The Bertz CT molecular complexity index is 1670. The Balaban J connectivity index is 1.52. The number of carbonyl (C=O) groups excluding carboxylic acids is 2. The van der Waals surface area contributed by atoms with Gasteiger partial charge in [-0.15, -0.1) is 0 Å². The van der Waals surface area contributed by atoms with Crippen molar-refractivity contribution >= 4 is 29.0 Å². The van der Waals surface area contributed by atoms with Gasteiger partial charge in [0.15, 0.2) is 0 Å². The first-order chi connectivity index (χ1) is 19.9. The molecule has 1 aliphatic heterocycles. The number of pyridine rings is 1. The molecule has 1 fully saturated rings. The minimum Gasteiger partial charge on any atom is -0.382 e. The Labute approximate surface area is 239 Å². The monoisotopic (exact) mass is 578 g/mol. The third-order valence-corrected chi connectivity index (χ3v) is 7.53. The molecule has 4 aromatic rings. The van der Waals surface area contributed by atoms with E-state index in [1.54, 1.807) is 29.4 Å². The standard InChI is InChI=1S/C29H29F3N8O2/c1-5-22(41)40-16(2)15-38(4)17(3)24(40)27-37-23(25-26(33)35-12-13-39(25)27)18-6-8-19(9-7-18)28(42)36-21-14-20(10-11-34-21)29(30,31)32/h5-14,16-17,24H,1,15H2,2-4H3,(H2,33,35)(H,34,36,42)/t16-,17-,24?/m0/s1. The number of aromatic nitrogens is 4. The molecule has 0 radical (unpaired) electrons. The molecule has 1 saturated heterocycles. The van der Waals surface area contributed by atoms with E-state index in [4.69, 9.17) is 10.7 Å². The molecule has 0 bridgehead atoms. The molecule has 1 aromatic carbocycles. The van der Waals surface area contributed by atoms with Crippen molar-refractivity contribution in [1.82, 2.24) is 29.2 Å². The van der Waals surface area contributed by atoms with Gasteiger partial charge >= 0.3 is 6.18 Å². The Kier molecular flexibility index (Phi) is 7.45. The maximum atomic E-state index is 13.0. The number of hydrogen-bond donors (Lipinski definition) is 2. The lowest BCUT2D eigenvalue weighted by molar-refractivity contribution is -0.138. The summed E-state index contributed by atoms with van der Waals surface area (Å²) in [5.74, 6) is -0.236. The summed E-state index contributed by atoms with van der Waals surface area (Å²) in [5, 5.41) is 2.40. The number of fused-ring (bicyclic) bond motifs is 1. The Hall–Kier alpha value is -4.78. The quantitative estimate of drug-likeness (QED) is 0.336. The number of nitrogens with zero attached hydrogens (tertiary/aromatic N) is 6. The van der Waals surface area contributed by atoms with Gasteiger partial charge < -0.3 is 16.0 Å². The third-order valence-electron chi connectivity index (χ3n) is 7.53. The number of nitrogens with one attached hydrogen (secondary N) is 1. The highest BCUT2D eigenvalue weighted by atomic mass is 19.4. The summed E-state index contributed by atoms with van der Waals surface area (Å²) in [4.78, 5) is 42.8. The molecule has 2 amide bonds. The van der Waals surface area contributed by atoms with Crippen LogP contribution in [0.15, 0.2) is 67.6 Å². The second kappa shape index (κ2) is 10.9. The number of amides is 2. The number of carbonyl (C=O) groups is 2. The number of nitrogen functional groups attached to an aromatic ring is 1. The average Bonchev–Trinajstić information content (AvgIpc) is 3.34. The molecule has 0 aliphatic carbocycles. The molecule has 0 spiro atoms. The zero-order valence-corrected chi connectivity index (χ0v) is 23.1. The van der Waals surface area contributed by atoms with E-state index in [1.807, 2.05) is 25.3 Å². The maximum Gasteiger partial charge on any atom is 0.416 e. The number of alkyl halides is 3. The summed E-state index contributed by atoms with van der Waals surface area (Å²) < 4.78 is 41.0. The molecule has 5 rings (SSSR count). The van der Waals surface area contributed by atoms with Gasteiger partial charge in [0.25, 0.3) is 5.91 Å². The van der Waals surface area contributed by atoms with Gasteiger partial charge in [-0.1, -0.05) is 18.7 Å². The van der Waals surface area contributed by atoms with Crippen LogP contribution in [0.25, 0.3) is 16.8 Å². The molecular weight excluding hydrogens is 549 g/mol. The Morgan fingerprint density at radius 3 is 2.50 bits per heavy atom. The zero-order chi connectivity index (χ0) is 30.3. The van der Waals surface area contributed by atoms with Crippen LogP contribution in [0.2, 0.25) is 0 Å². The Morgan fingerprint density at radius 2 is 1.83 bits per heavy atom. The van der Waals surface area contributed by atoms with Gasteiger partial charge in [0.1, 0.15) is 34.7 Å². The van der Waals surface area contributed by atoms with Crippen molar-refractivity contribution in [3.8, 4) is 11.3 Å². The number of rotatable bonds is 5. The van der Waals surface area contributed by atoms with Crippen molar-refractivity contribution in [3.63, 3.8) is 0 Å². The van der Waals surface area contributed by atoms with Crippen LogP contribution in [-0.2, 0) is 11.0 Å². The highest BCUT2D eigenvalue weighted by Crippen LogP contribution is 2.37. The zero-order valence-electron chi connectivity index (χ0n) is 23.1. The topological polar surface area (TPSA) is 122 Å². The highest BCUT2D eigenvalue weighted by molar-refractivity contribution is 6.04. The smallest absolute Gasteiger partial charge is 0.382 e. The van der Waals surface area contributed by atoms with Crippen LogP contribution in [0.5, 0.6) is 0 Å². The van der Waals surface area contributed by atoms with Crippen molar-refractivity contribution in [2.45, 2.75) is 38.1 Å². The minimum absolute atomic E-state index is 0.0894. The summed E-state index contributed by atoms with van der Waals surface area (Å²) in [6.45, 7) is 8.36. The van der Waals surface area contributed by atoms with Gasteiger partial charge in [0.05, 0.1) is 5.56 Å². The predicted octanol–water partition coefficient (Wildman–Crippen LogP) is 4.42. The second-order valence-electron chi connectivity index (χ2n) is 10.2. The fraction of sp³-hybridized carbons (Fsp3) is 0.276. The van der Waals surface area contributed by atoms with Gasteiger partial charge in [-0.05, 0) is 51.2 Å². The molecule has 3 N–H and O–H groups in total. The largest absolute Gasteiger partial charge is 0.416 e. The fourth-order valence-electron chi connectivity index (χ4n) is 5.36. The summed E-state index contributed by atoms with van der Waals surface area (Å²) in [6.07, 6.45) is 1.02. The molecule has 4 heterocycles. The number of hydrogen-bond acceptors (Lipinski definition) is 7. The number of anilines is 2. The van der Waals surface area contributed by atoms with Crippen molar-refractivity contribution in [1.29, 1.82) is 0 Å². The van der Waals surface area contributed by atoms with E-state index >= 15 is 0 Å². The van der Waals surface area contributed by atoms with Gasteiger partial charge in [-0.2, -0.15) is 13.2 Å². The molecule has 10 nitrogen and oxygen atoms in total. The molecule has 1 unspecified atom stereocenters. The van der Waals surface area contributed by atoms with E-state index in [0.717, 1.165) is 18.3 Å². The van der Waals surface area contributed by atoms with E-state index in [-0.39, 0.29) is 35.2 Å². The van der Waals surface area contributed by atoms with E-state index in [1.165, 1.54) is 18.2 Å². The van der Waals surface area contributed by atoms with Crippen molar-refractivity contribution in [2.75, 3.05) is 24.6 Å². The van der Waals surface area contributed by atoms with E-state index in [2.05, 4.69) is 26.8 Å². The van der Waals surface area contributed by atoms with Crippen LogP contribution >= 0.6 is 0 Å². The normalized spacial score (nSPS) is 19.6. The third kappa shape index (κ3) is 5.18. The van der Waals surface area contributed by atoms with Crippen LogP contribution in [0.4, 0.5) is 24.8 Å². The molecule has 42 heavy (non-hydrogen) atoms. The number of likely N-dealkylation sites (N-methyl/N-ethyl adjacent to an activating group) is 1. The first kappa shape index (κ1) is 28.7. The second-order valence-corrected chi connectivity index (χ2v) is 10.2. The van der Waals surface area contributed by atoms with E-state index < -0.39 is 23.7 Å². The molecule has 0 saturated carbocycles.